The summed E-state index contributed by atoms with van der Waals surface area (Å²) in [6, 6.07) is 16.1. The molecule has 0 aliphatic heterocycles. The Bertz CT molecular complexity index is 1170. The highest BCUT2D eigenvalue weighted by Gasteiger charge is 2.20. The predicted molar refractivity (Wildman–Crippen MR) is 104 cm³/mol. The van der Waals surface area contributed by atoms with Crippen LogP contribution in [0.4, 0.5) is 14.6 Å². The molecule has 1 amide bonds. The minimum Gasteiger partial charge on any atom is -0.310 e. The summed E-state index contributed by atoms with van der Waals surface area (Å²) < 4.78 is 29.8. The number of rotatable bonds is 4. The zero-order valence-corrected chi connectivity index (χ0v) is 15.1. The fourth-order valence-corrected chi connectivity index (χ4v) is 3.09. The molecule has 0 radical (unpaired) electrons. The van der Waals surface area contributed by atoms with Gasteiger partial charge in [0.25, 0.3) is 0 Å². The van der Waals surface area contributed by atoms with Crippen LogP contribution in [0.1, 0.15) is 11.1 Å². The fourth-order valence-electron chi connectivity index (χ4n) is 3.09. The third kappa shape index (κ3) is 3.49. The van der Waals surface area contributed by atoms with Crippen LogP contribution >= 0.6 is 0 Å². The smallest absolute Gasteiger partial charge is 0.229 e. The minimum absolute atomic E-state index is 0.00337. The lowest BCUT2D eigenvalue weighted by atomic mass is 10.1. The summed E-state index contributed by atoms with van der Waals surface area (Å²) in [6.07, 6.45) is 1.90. The number of aromatic nitrogens is 2. The summed E-state index contributed by atoms with van der Waals surface area (Å²) >= 11 is 0. The molecule has 0 bridgehead atoms. The van der Waals surface area contributed by atoms with Crippen LogP contribution in [0.5, 0.6) is 0 Å². The van der Waals surface area contributed by atoms with Gasteiger partial charge in [-0.25, -0.2) is 13.8 Å². The number of carbonyl (C=O) groups is 1. The van der Waals surface area contributed by atoms with E-state index in [1.165, 1.54) is 0 Å². The van der Waals surface area contributed by atoms with Gasteiger partial charge in [-0.05, 0) is 48.4 Å². The summed E-state index contributed by atoms with van der Waals surface area (Å²) in [5, 5.41) is 2.82. The van der Waals surface area contributed by atoms with E-state index in [2.05, 4.69) is 10.3 Å². The maximum absolute atomic E-state index is 14.4. The predicted octanol–water partition coefficient (Wildman–Crippen LogP) is 4.77. The first-order valence-corrected chi connectivity index (χ1v) is 8.79. The zero-order valence-electron chi connectivity index (χ0n) is 15.1. The second-order valence-corrected chi connectivity index (χ2v) is 6.58. The van der Waals surface area contributed by atoms with Crippen molar-refractivity contribution in [3.63, 3.8) is 0 Å². The van der Waals surface area contributed by atoms with Crippen molar-refractivity contribution in [3.05, 3.63) is 89.6 Å². The fraction of sp³-hybridized carbons (Fsp3) is 0.0909. The van der Waals surface area contributed by atoms with Gasteiger partial charge in [0.05, 0.1) is 6.42 Å². The molecular weight excluding hydrogens is 360 g/mol. The van der Waals surface area contributed by atoms with Crippen molar-refractivity contribution in [3.8, 4) is 11.3 Å². The van der Waals surface area contributed by atoms with Gasteiger partial charge in [-0.2, -0.15) is 0 Å². The number of amides is 1. The Balaban J connectivity index is 1.79. The summed E-state index contributed by atoms with van der Waals surface area (Å²) in [6.45, 7) is 1.91. The quantitative estimate of drug-likeness (QED) is 0.557. The molecule has 1 N–H and O–H groups in total. The molecule has 0 aliphatic rings. The summed E-state index contributed by atoms with van der Waals surface area (Å²) in [4.78, 5) is 17.1. The molecule has 140 valence electrons. The maximum Gasteiger partial charge on any atom is 0.229 e. The first-order chi connectivity index (χ1) is 13.5. The number of hydrogen-bond acceptors (Lipinski definition) is 2. The minimum atomic E-state index is -0.611. The van der Waals surface area contributed by atoms with Crippen molar-refractivity contribution < 1.29 is 13.6 Å². The lowest BCUT2D eigenvalue weighted by Crippen LogP contribution is -2.16. The lowest BCUT2D eigenvalue weighted by Gasteiger charge is -2.09. The second kappa shape index (κ2) is 7.23. The molecule has 0 unspecified atom stereocenters. The Labute approximate surface area is 160 Å². The number of imidazole rings is 1. The molecule has 28 heavy (non-hydrogen) atoms. The topological polar surface area (TPSA) is 46.4 Å². The Morgan fingerprint density at radius 2 is 1.86 bits per heavy atom. The Kier molecular flexibility index (Phi) is 4.61. The van der Waals surface area contributed by atoms with Crippen molar-refractivity contribution in [1.82, 2.24) is 9.38 Å². The van der Waals surface area contributed by atoms with Crippen molar-refractivity contribution in [2.75, 3.05) is 5.32 Å². The van der Waals surface area contributed by atoms with E-state index in [1.807, 2.05) is 49.4 Å². The average Bonchev–Trinajstić information content (AvgIpc) is 3.01. The first-order valence-electron chi connectivity index (χ1n) is 8.79. The number of pyridine rings is 1. The van der Waals surface area contributed by atoms with Crippen LogP contribution in [-0.4, -0.2) is 15.3 Å². The van der Waals surface area contributed by atoms with Crippen LogP contribution in [0.2, 0.25) is 0 Å². The van der Waals surface area contributed by atoms with Gasteiger partial charge in [0.2, 0.25) is 5.91 Å². The largest absolute Gasteiger partial charge is 0.310 e. The van der Waals surface area contributed by atoms with E-state index in [1.54, 1.807) is 10.6 Å². The van der Waals surface area contributed by atoms with Crippen LogP contribution < -0.4 is 5.32 Å². The van der Waals surface area contributed by atoms with Gasteiger partial charge in [0.1, 0.15) is 28.8 Å². The molecule has 0 saturated carbocycles. The lowest BCUT2D eigenvalue weighted by molar-refractivity contribution is -0.115. The van der Waals surface area contributed by atoms with Crippen molar-refractivity contribution in [2.24, 2.45) is 0 Å². The number of halogens is 2. The van der Waals surface area contributed by atoms with Crippen LogP contribution in [0, 0.1) is 18.6 Å². The van der Waals surface area contributed by atoms with Gasteiger partial charge in [0, 0.05) is 11.8 Å². The number of anilines is 1. The van der Waals surface area contributed by atoms with Crippen molar-refractivity contribution in [2.45, 2.75) is 13.3 Å². The number of nitrogens with one attached hydrogen (secondary N) is 1. The molecular formula is C22H17F2N3O. The number of aryl methyl sites for hydroxylation is 1. The molecule has 2 heterocycles. The number of benzene rings is 2. The highest BCUT2D eigenvalue weighted by atomic mass is 19.1. The highest BCUT2D eigenvalue weighted by molar-refractivity contribution is 5.95. The van der Waals surface area contributed by atoms with Gasteiger partial charge in [-0.3, -0.25) is 9.20 Å². The SMILES string of the molecule is Cc1ccn2c(NC(=O)Cc3ccccc3)c(-c3cc(F)ccc3F)nc2c1. The van der Waals surface area contributed by atoms with Gasteiger partial charge in [-0.15, -0.1) is 0 Å². The highest BCUT2D eigenvalue weighted by Crippen LogP contribution is 2.31. The molecule has 0 fully saturated rings. The molecule has 0 aliphatic carbocycles. The van der Waals surface area contributed by atoms with Crippen molar-refractivity contribution in [1.29, 1.82) is 0 Å². The molecule has 2 aromatic heterocycles. The first kappa shape index (κ1) is 17.9. The molecule has 4 rings (SSSR count). The van der Waals surface area contributed by atoms with Crippen LogP contribution in [-0.2, 0) is 11.2 Å². The van der Waals surface area contributed by atoms with E-state index in [0.29, 0.717) is 11.5 Å². The number of nitrogens with zero attached hydrogens (tertiary/aromatic N) is 2. The van der Waals surface area contributed by atoms with Gasteiger partial charge in [-0.1, -0.05) is 30.3 Å². The number of hydrogen-bond donors (Lipinski definition) is 1. The molecule has 4 nitrogen and oxygen atoms in total. The van der Waals surface area contributed by atoms with E-state index in [-0.39, 0.29) is 23.6 Å². The van der Waals surface area contributed by atoms with Crippen LogP contribution in [0.25, 0.3) is 16.9 Å². The van der Waals surface area contributed by atoms with E-state index >= 15 is 0 Å². The molecule has 0 spiro atoms. The normalized spacial score (nSPS) is 11.0. The third-order valence-electron chi connectivity index (χ3n) is 4.43. The number of fused-ring (bicyclic) bond motifs is 1. The molecule has 0 saturated heterocycles. The summed E-state index contributed by atoms with van der Waals surface area (Å²) in [7, 11) is 0. The van der Waals surface area contributed by atoms with Gasteiger partial charge < -0.3 is 5.32 Å². The summed E-state index contributed by atoms with van der Waals surface area (Å²) in [5.74, 6) is -1.15. The Morgan fingerprint density at radius 3 is 2.64 bits per heavy atom. The molecule has 0 atom stereocenters. The standard InChI is InChI=1S/C22H17F2N3O/c1-14-9-10-27-19(11-14)25-21(17-13-16(23)7-8-18(17)24)22(27)26-20(28)12-15-5-3-2-4-6-15/h2-11,13H,12H2,1H3,(H,26,28). The van der Waals surface area contributed by atoms with Gasteiger partial charge >= 0.3 is 0 Å². The molecule has 6 heteroatoms. The monoisotopic (exact) mass is 377 g/mol. The van der Waals surface area contributed by atoms with E-state index in [4.69, 9.17) is 0 Å². The van der Waals surface area contributed by atoms with Crippen LogP contribution in [0.3, 0.4) is 0 Å². The number of carbonyl (C=O) groups excluding carboxylic acids is 1. The molecule has 2 aromatic carbocycles. The Hall–Kier alpha value is -3.54. The van der Waals surface area contributed by atoms with E-state index < -0.39 is 11.6 Å². The zero-order chi connectivity index (χ0) is 19.7. The van der Waals surface area contributed by atoms with E-state index in [0.717, 1.165) is 29.3 Å². The van der Waals surface area contributed by atoms with Crippen LogP contribution in [0.15, 0.2) is 66.9 Å². The Morgan fingerprint density at radius 1 is 1.07 bits per heavy atom. The maximum atomic E-state index is 14.4. The molecule has 4 aromatic rings. The second-order valence-electron chi connectivity index (χ2n) is 6.58. The third-order valence-corrected chi connectivity index (χ3v) is 4.43. The average molecular weight is 377 g/mol. The summed E-state index contributed by atoms with van der Waals surface area (Å²) in [5.41, 5.74) is 2.53. The van der Waals surface area contributed by atoms with Gasteiger partial charge in [0.15, 0.2) is 0 Å². The van der Waals surface area contributed by atoms with E-state index in [9.17, 15) is 13.6 Å². The van der Waals surface area contributed by atoms with Crippen molar-refractivity contribution >= 4 is 17.4 Å².